The summed E-state index contributed by atoms with van der Waals surface area (Å²) in [6.45, 7) is 3.84. The van der Waals surface area contributed by atoms with E-state index >= 15 is 0 Å². The molecule has 0 atom stereocenters. The smallest absolute Gasteiger partial charge is 0.222 e. The SMILES string of the molecule is Cc1cnn(CCC(=O)NC2(c3ccc(Cl)cc3)CCOCC2)c1. The van der Waals surface area contributed by atoms with Gasteiger partial charge in [-0.1, -0.05) is 23.7 Å². The number of halogens is 1. The molecule has 1 aromatic carbocycles. The van der Waals surface area contributed by atoms with E-state index < -0.39 is 0 Å². The molecule has 1 N–H and O–H groups in total. The number of aromatic nitrogens is 2. The number of carbonyl (C=O) groups is 1. The van der Waals surface area contributed by atoms with Crippen LogP contribution >= 0.6 is 11.6 Å². The number of ether oxygens (including phenoxy) is 1. The summed E-state index contributed by atoms with van der Waals surface area (Å²) < 4.78 is 7.29. The first kappa shape index (κ1) is 17.0. The third-order valence-electron chi connectivity index (χ3n) is 4.45. The molecule has 1 fully saturated rings. The maximum absolute atomic E-state index is 12.5. The zero-order valence-electron chi connectivity index (χ0n) is 13.8. The molecule has 0 spiro atoms. The van der Waals surface area contributed by atoms with Gasteiger partial charge < -0.3 is 10.1 Å². The van der Waals surface area contributed by atoms with E-state index in [0.717, 1.165) is 24.0 Å². The third kappa shape index (κ3) is 3.97. The van der Waals surface area contributed by atoms with Crippen molar-refractivity contribution in [3.05, 3.63) is 52.8 Å². The highest BCUT2D eigenvalue weighted by molar-refractivity contribution is 6.30. The molecule has 128 valence electrons. The van der Waals surface area contributed by atoms with Crippen molar-refractivity contribution >= 4 is 17.5 Å². The minimum Gasteiger partial charge on any atom is -0.381 e. The average molecular weight is 348 g/mol. The molecule has 0 bridgehead atoms. The fraction of sp³-hybridized carbons (Fsp3) is 0.444. The number of hydrogen-bond acceptors (Lipinski definition) is 3. The van der Waals surface area contributed by atoms with Crippen molar-refractivity contribution in [1.29, 1.82) is 0 Å². The molecule has 1 aliphatic heterocycles. The first-order valence-electron chi connectivity index (χ1n) is 8.21. The molecule has 6 heteroatoms. The van der Waals surface area contributed by atoms with Crippen LogP contribution in [0.15, 0.2) is 36.7 Å². The van der Waals surface area contributed by atoms with Gasteiger partial charge in [-0.05, 0) is 43.0 Å². The minimum absolute atomic E-state index is 0.0278. The lowest BCUT2D eigenvalue weighted by molar-refractivity contribution is -0.124. The zero-order valence-corrected chi connectivity index (χ0v) is 14.6. The summed E-state index contributed by atoms with van der Waals surface area (Å²) in [7, 11) is 0. The van der Waals surface area contributed by atoms with E-state index in [1.165, 1.54) is 0 Å². The minimum atomic E-state index is -0.375. The van der Waals surface area contributed by atoms with Crippen LogP contribution in [-0.2, 0) is 21.6 Å². The topological polar surface area (TPSA) is 56.2 Å². The monoisotopic (exact) mass is 347 g/mol. The zero-order chi connectivity index (χ0) is 17.0. The summed E-state index contributed by atoms with van der Waals surface area (Å²) in [4.78, 5) is 12.5. The predicted octanol–water partition coefficient (Wildman–Crippen LogP) is 3.06. The van der Waals surface area contributed by atoms with Crippen LogP contribution in [0, 0.1) is 6.92 Å². The van der Waals surface area contributed by atoms with Crippen LogP contribution in [0.4, 0.5) is 0 Å². The van der Waals surface area contributed by atoms with Crippen LogP contribution in [0.3, 0.4) is 0 Å². The predicted molar refractivity (Wildman–Crippen MR) is 92.9 cm³/mol. The number of carbonyl (C=O) groups excluding carboxylic acids is 1. The van der Waals surface area contributed by atoms with Gasteiger partial charge in [-0.25, -0.2) is 0 Å². The van der Waals surface area contributed by atoms with Crippen molar-refractivity contribution in [2.45, 2.75) is 38.3 Å². The van der Waals surface area contributed by atoms with E-state index in [1.54, 1.807) is 10.9 Å². The number of nitrogens with zero attached hydrogens (tertiary/aromatic N) is 2. The van der Waals surface area contributed by atoms with Crippen LogP contribution in [0.25, 0.3) is 0 Å². The summed E-state index contributed by atoms with van der Waals surface area (Å²) in [5, 5.41) is 8.16. The summed E-state index contributed by atoms with van der Waals surface area (Å²) in [5.74, 6) is 0.0278. The molecule has 0 radical (unpaired) electrons. The summed E-state index contributed by atoms with van der Waals surface area (Å²) in [6, 6.07) is 7.72. The van der Waals surface area contributed by atoms with Gasteiger partial charge >= 0.3 is 0 Å². The van der Waals surface area contributed by atoms with Crippen molar-refractivity contribution in [3.63, 3.8) is 0 Å². The molecule has 1 saturated heterocycles. The molecular formula is C18H22ClN3O2. The largest absolute Gasteiger partial charge is 0.381 e. The normalized spacial score (nSPS) is 16.8. The van der Waals surface area contributed by atoms with Gasteiger partial charge in [0.1, 0.15) is 0 Å². The first-order chi connectivity index (χ1) is 11.6. The number of benzene rings is 1. The lowest BCUT2D eigenvalue weighted by Crippen LogP contribution is -2.49. The Bertz CT molecular complexity index is 691. The van der Waals surface area contributed by atoms with Gasteiger partial charge in [-0.3, -0.25) is 9.48 Å². The molecule has 0 aliphatic carbocycles. The van der Waals surface area contributed by atoms with Crippen molar-refractivity contribution in [2.24, 2.45) is 0 Å². The standard InChI is InChI=1S/C18H22ClN3O2/c1-14-12-20-22(13-14)9-6-17(23)21-18(7-10-24-11-8-18)15-2-4-16(19)5-3-15/h2-5,12-13H,6-11H2,1H3,(H,21,23). The van der Waals surface area contributed by atoms with Gasteiger partial charge in [-0.15, -0.1) is 0 Å². The second-order valence-electron chi connectivity index (χ2n) is 6.28. The van der Waals surface area contributed by atoms with Gasteiger partial charge in [-0.2, -0.15) is 5.10 Å². The first-order valence-corrected chi connectivity index (χ1v) is 8.59. The lowest BCUT2D eigenvalue weighted by atomic mass is 9.82. The van der Waals surface area contributed by atoms with Gasteiger partial charge in [0.2, 0.25) is 5.91 Å². The van der Waals surface area contributed by atoms with Crippen molar-refractivity contribution < 1.29 is 9.53 Å². The van der Waals surface area contributed by atoms with Crippen molar-refractivity contribution in [3.8, 4) is 0 Å². The fourth-order valence-corrected chi connectivity index (χ4v) is 3.24. The Morgan fingerprint density at radius 1 is 1.33 bits per heavy atom. The van der Waals surface area contributed by atoms with E-state index in [4.69, 9.17) is 16.3 Å². The van der Waals surface area contributed by atoms with E-state index in [9.17, 15) is 4.79 Å². The Balaban J connectivity index is 1.69. The fourth-order valence-electron chi connectivity index (χ4n) is 3.11. The molecule has 1 aromatic heterocycles. The molecule has 1 amide bonds. The van der Waals surface area contributed by atoms with Gasteiger partial charge in [0.25, 0.3) is 0 Å². The average Bonchev–Trinajstić information content (AvgIpc) is 3.00. The second kappa shape index (κ2) is 7.36. The number of rotatable bonds is 5. The molecule has 0 saturated carbocycles. The summed E-state index contributed by atoms with van der Waals surface area (Å²) >= 11 is 6.00. The summed E-state index contributed by atoms with van der Waals surface area (Å²) in [6.07, 6.45) is 5.67. The van der Waals surface area contributed by atoms with Gasteiger partial charge in [0.05, 0.1) is 11.7 Å². The molecule has 2 aromatic rings. The lowest BCUT2D eigenvalue weighted by Gasteiger charge is -2.38. The highest BCUT2D eigenvalue weighted by atomic mass is 35.5. The number of aryl methyl sites for hydroxylation is 2. The van der Waals surface area contributed by atoms with Crippen LogP contribution < -0.4 is 5.32 Å². The number of nitrogens with one attached hydrogen (secondary N) is 1. The molecular weight excluding hydrogens is 326 g/mol. The Morgan fingerprint density at radius 2 is 2.04 bits per heavy atom. The molecule has 0 unspecified atom stereocenters. The van der Waals surface area contributed by atoms with Crippen molar-refractivity contribution in [2.75, 3.05) is 13.2 Å². The Hall–Kier alpha value is -1.85. The maximum Gasteiger partial charge on any atom is 0.222 e. The molecule has 24 heavy (non-hydrogen) atoms. The highest BCUT2D eigenvalue weighted by Crippen LogP contribution is 2.33. The molecule has 2 heterocycles. The summed E-state index contributed by atoms with van der Waals surface area (Å²) in [5.41, 5.74) is 1.80. The number of amides is 1. The van der Waals surface area contributed by atoms with E-state index in [-0.39, 0.29) is 11.4 Å². The second-order valence-corrected chi connectivity index (χ2v) is 6.72. The Kier molecular flexibility index (Phi) is 5.21. The van der Waals surface area contributed by atoms with Crippen LogP contribution in [0.5, 0.6) is 0 Å². The quantitative estimate of drug-likeness (QED) is 0.904. The van der Waals surface area contributed by atoms with E-state index in [2.05, 4.69) is 10.4 Å². The van der Waals surface area contributed by atoms with E-state index in [1.807, 2.05) is 37.4 Å². The molecule has 5 nitrogen and oxygen atoms in total. The third-order valence-corrected chi connectivity index (χ3v) is 4.70. The van der Waals surface area contributed by atoms with Crippen LogP contribution in [-0.4, -0.2) is 28.9 Å². The van der Waals surface area contributed by atoms with Crippen LogP contribution in [0.2, 0.25) is 5.02 Å². The van der Waals surface area contributed by atoms with E-state index in [0.29, 0.717) is 31.2 Å². The molecule has 1 aliphatic rings. The highest BCUT2D eigenvalue weighted by Gasteiger charge is 2.35. The number of hydrogen-bond donors (Lipinski definition) is 1. The van der Waals surface area contributed by atoms with Crippen molar-refractivity contribution in [1.82, 2.24) is 15.1 Å². The Morgan fingerprint density at radius 3 is 2.67 bits per heavy atom. The molecule has 3 rings (SSSR count). The van der Waals surface area contributed by atoms with Crippen LogP contribution in [0.1, 0.15) is 30.4 Å². The van der Waals surface area contributed by atoms with Gasteiger partial charge in [0.15, 0.2) is 0 Å². The Labute approximate surface area is 147 Å². The maximum atomic E-state index is 12.5. The van der Waals surface area contributed by atoms with Gasteiger partial charge in [0, 0.05) is 37.4 Å².